The van der Waals surface area contributed by atoms with Gasteiger partial charge in [0.25, 0.3) is 0 Å². The fourth-order valence-electron chi connectivity index (χ4n) is 2.39. The van der Waals surface area contributed by atoms with Crippen molar-refractivity contribution in [2.45, 2.75) is 65.0 Å². The highest BCUT2D eigenvalue weighted by atomic mass is 16.6. The lowest BCUT2D eigenvalue weighted by molar-refractivity contribution is 0.0175. The zero-order valence-electron chi connectivity index (χ0n) is 12.5. The van der Waals surface area contributed by atoms with Crippen LogP contribution in [0, 0.1) is 5.92 Å². The molecule has 4 nitrogen and oxygen atoms in total. The molecule has 1 aliphatic heterocycles. The lowest BCUT2D eigenvalue weighted by atomic mass is 9.85. The van der Waals surface area contributed by atoms with Crippen molar-refractivity contribution in [1.82, 2.24) is 4.90 Å². The number of nitrogens with two attached hydrogens (primary N) is 1. The van der Waals surface area contributed by atoms with E-state index in [1.807, 2.05) is 25.7 Å². The lowest BCUT2D eigenvalue weighted by Crippen LogP contribution is -2.43. The molecule has 0 aromatic rings. The standard InChI is InChI=1S/C14H28N2O2/c1-13(2,3)18-12(17)16-8-6-11(7-9-16)10-14(4,5)15/h11H,6-10,15H2,1-5H3. The average Bonchev–Trinajstić information content (AvgIpc) is 2.13. The van der Waals surface area contributed by atoms with E-state index in [4.69, 9.17) is 10.5 Å². The summed E-state index contributed by atoms with van der Waals surface area (Å²) in [6.07, 6.45) is 2.89. The highest BCUT2D eigenvalue weighted by Crippen LogP contribution is 2.25. The number of hydrogen-bond acceptors (Lipinski definition) is 3. The Morgan fingerprint density at radius 3 is 2.11 bits per heavy atom. The first kappa shape index (κ1) is 15.3. The van der Waals surface area contributed by atoms with Crippen molar-refractivity contribution < 1.29 is 9.53 Å². The normalized spacial score (nSPS) is 18.9. The third-order valence-corrected chi connectivity index (χ3v) is 3.08. The zero-order valence-corrected chi connectivity index (χ0v) is 12.5. The largest absolute Gasteiger partial charge is 0.444 e. The van der Waals surface area contributed by atoms with Crippen LogP contribution >= 0.6 is 0 Å². The van der Waals surface area contributed by atoms with Crippen molar-refractivity contribution in [3.8, 4) is 0 Å². The van der Waals surface area contributed by atoms with Crippen LogP contribution < -0.4 is 5.73 Å². The van der Waals surface area contributed by atoms with E-state index < -0.39 is 5.60 Å². The highest BCUT2D eigenvalue weighted by molar-refractivity contribution is 5.68. The molecule has 18 heavy (non-hydrogen) atoms. The summed E-state index contributed by atoms with van der Waals surface area (Å²) < 4.78 is 5.38. The summed E-state index contributed by atoms with van der Waals surface area (Å²) in [6, 6.07) is 0. The number of carbonyl (C=O) groups excluding carboxylic acids is 1. The number of nitrogens with zero attached hydrogens (tertiary/aromatic N) is 1. The number of hydrogen-bond donors (Lipinski definition) is 1. The van der Waals surface area contributed by atoms with Gasteiger partial charge in [-0.2, -0.15) is 0 Å². The Morgan fingerprint density at radius 2 is 1.72 bits per heavy atom. The Kier molecular flexibility index (Phi) is 4.65. The second kappa shape index (κ2) is 5.47. The number of rotatable bonds is 2. The Bertz CT molecular complexity index is 281. The first-order valence-electron chi connectivity index (χ1n) is 6.84. The Hall–Kier alpha value is -0.770. The maximum absolute atomic E-state index is 11.9. The van der Waals surface area contributed by atoms with Gasteiger partial charge < -0.3 is 15.4 Å². The van der Waals surface area contributed by atoms with Gasteiger partial charge in [-0.15, -0.1) is 0 Å². The van der Waals surface area contributed by atoms with Gasteiger partial charge in [-0.05, 0) is 59.8 Å². The molecule has 0 saturated carbocycles. The van der Waals surface area contributed by atoms with E-state index in [-0.39, 0.29) is 11.6 Å². The maximum Gasteiger partial charge on any atom is 0.410 e. The van der Waals surface area contributed by atoms with E-state index in [2.05, 4.69) is 13.8 Å². The fourth-order valence-corrected chi connectivity index (χ4v) is 2.39. The predicted molar refractivity (Wildman–Crippen MR) is 73.4 cm³/mol. The maximum atomic E-state index is 11.9. The molecular formula is C14H28N2O2. The Balaban J connectivity index is 2.37. The van der Waals surface area contributed by atoms with Crippen molar-refractivity contribution in [2.75, 3.05) is 13.1 Å². The van der Waals surface area contributed by atoms with Crippen LogP contribution in [-0.4, -0.2) is 35.2 Å². The third kappa shape index (κ3) is 5.71. The molecule has 0 bridgehead atoms. The zero-order chi connectivity index (χ0) is 14.0. The fraction of sp³-hybridized carbons (Fsp3) is 0.929. The van der Waals surface area contributed by atoms with Crippen molar-refractivity contribution in [2.24, 2.45) is 11.7 Å². The highest BCUT2D eigenvalue weighted by Gasteiger charge is 2.28. The molecular weight excluding hydrogens is 228 g/mol. The van der Waals surface area contributed by atoms with Crippen LogP contribution in [-0.2, 0) is 4.74 Å². The second-order valence-corrected chi connectivity index (χ2v) is 7.10. The molecule has 0 unspecified atom stereocenters. The van der Waals surface area contributed by atoms with Gasteiger partial charge in [-0.1, -0.05) is 0 Å². The number of carbonyl (C=O) groups is 1. The molecule has 0 spiro atoms. The van der Waals surface area contributed by atoms with Crippen LogP contribution in [0.15, 0.2) is 0 Å². The summed E-state index contributed by atoms with van der Waals surface area (Å²) in [6.45, 7) is 11.4. The van der Waals surface area contributed by atoms with Gasteiger partial charge in [0.15, 0.2) is 0 Å². The lowest BCUT2D eigenvalue weighted by Gasteiger charge is -2.35. The Morgan fingerprint density at radius 1 is 1.22 bits per heavy atom. The van der Waals surface area contributed by atoms with Gasteiger partial charge in [0, 0.05) is 18.6 Å². The van der Waals surface area contributed by atoms with Gasteiger partial charge >= 0.3 is 6.09 Å². The summed E-state index contributed by atoms with van der Waals surface area (Å²) in [5, 5.41) is 0. The molecule has 1 aliphatic rings. The van der Waals surface area contributed by atoms with Crippen LogP contribution in [0.3, 0.4) is 0 Å². The number of amides is 1. The van der Waals surface area contributed by atoms with Crippen LogP contribution in [0.25, 0.3) is 0 Å². The molecule has 0 aromatic carbocycles. The van der Waals surface area contributed by atoms with Crippen LogP contribution in [0.4, 0.5) is 4.79 Å². The molecule has 1 amide bonds. The second-order valence-electron chi connectivity index (χ2n) is 7.10. The van der Waals surface area contributed by atoms with E-state index in [9.17, 15) is 4.79 Å². The summed E-state index contributed by atoms with van der Waals surface area (Å²) >= 11 is 0. The first-order valence-corrected chi connectivity index (χ1v) is 6.84. The number of likely N-dealkylation sites (tertiary alicyclic amines) is 1. The monoisotopic (exact) mass is 256 g/mol. The van der Waals surface area contributed by atoms with Crippen LogP contribution in [0.1, 0.15) is 53.9 Å². The molecule has 1 saturated heterocycles. The van der Waals surface area contributed by atoms with E-state index in [1.54, 1.807) is 0 Å². The van der Waals surface area contributed by atoms with Gasteiger partial charge in [-0.3, -0.25) is 0 Å². The molecule has 2 N–H and O–H groups in total. The van der Waals surface area contributed by atoms with Gasteiger partial charge in [0.05, 0.1) is 0 Å². The van der Waals surface area contributed by atoms with Crippen molar-refractivity contribution >= 4 is 6.09 Å². The van der Waals surface area contributed by atoms with Crippen molar-refractivity contribution in [3.05, 3.63) is 0 Å². The predicted octanol–water partition coefficient (Wildman–Crippen LogP) is 2.76. The number of piperidine rings is 1. The van der Waals surface area contributed by atoms with E-state index in [0.29, 0.717) is 5.92 Å². The van der Waals surface area contributed by atoms with E-state index in [0.717, 1.165) is 32.4 Å². The molecule has 0 radical (unpaired) electrons. The first-order chi connectivity index (χ1) is 8.07. The minimum atomic E-state index is -0.410. The topological polar surface area (TPSA) is 55.6 Å². The quantitative estimate of drug-likeness (QED) is 0.826. The van der Waals surface area contributed by atoms with Gasteiger partial charge in [0.1, 0.15) is 5.60 Å². The summed E-state index contributed by atoms with van der Waals surface area (Å²) in [5.41, 5.74) is 5.52. The summed E-state index contributed by atoms with van der Waals surface area (Å²) in [5.74, 6) is 0.628. The molecule has 0 aromatic heterocycles. The molecule has 1 rings (SSSR count). The van der Waals surface area contributed by atoms with Gasteiger partial charge in [-0.25, -0.2) is 4.79 Å². The van der Waals surface area contributed by atoms with Crippen molar-refractivity contribution in [3.63, 3.8) is 0 Å². The van der Waals surface area contributed by atoms with Gasteiger partial charge in [0.2, 0.25) is 0 Å². The van der Waals surface area contributed by atoms with E-state index >= 15 is 0 Å². The summed E-state index contributed by atoms with van der Waals surface area (Å²) in [7, 11) is 0. The van der Waals surface area contributed by atoms with Crippen molar-refractivity contribution in [1.29, 1.82) is 0 Å². The molecule has 1 heterocycles. The van der Waals surface area contributed by atoms with Crippen LogP contribution in [0.5, 0.6) is 0 Å². The molecule has 0 atom stereocenters. The smallest absolute Gasteiger partial charge is 0.410 e. The number of ether oxygens (including phenoxy) is 1. The molecule has 106 valence electrons. The molecule has 4 heteroatoms. The van der Waals surface area contributed by atoms with E-state index in [1.165, 1.54) is 0 Å². The van der Waals surface area contributed by atoms with Crippen LogP contribution in [0.2, 0.25) is 0 Å². The minimum Gasteiger partial charge on any atom is -0.444 e. The Labute approximate surface area is 111 Å². The average molecular weight is 256 g/mol. The third-order valence-electron chi connectivity index (χ3n) is 3.08. The SMILES string of the molecule is CC(C)(N)CC1CCN(C(=O)OC(C)(C)C)CC1. The molecule has 1 fully saturated rings. The summed E-state index contributed by atoms with van der Waals surface area (Å²) in [4.78, 5) is 13.7. The molecule has 0 aliphatic carbocycles. The minimum absolute atomic E-state index is 0.112.